The molecule has 2 amide bonds. The molecule has 1 fully saturated rings. The van der Waals surface area contributed by atoms with Crippen molar-refractivity contribution in [1.29, 1.82) is 0 Å². The smallest absolute Gasteiger partial charge is 0.227 e. The maximum Gasteiger partial charge on any atom is 0.227 e. The second-order valence-electron chi connectivity index (χ2n) is 4.87. The van der Waals surface area contributed by atoms with Gasteiger partial charge in [-0.25, -0.2) is 0 Å². The van der Waals surface area contributed by atoms with Crippen LogP contribution in [-0.2, 0) is 20.9 Å². The third-order valence-corrected chi connectivity index (χ3v) is 4.28. The first-order chi connectivity index (χ1) is 9.70. The van der Waals surface area contributed by atoms with Crippen molar-refractivity contribution < 1.29 is 14.3 Å². The number of piperidine rings is 1. The molecular weight excluding hydrogens is 276 g/mol. The van der Waals surface area contributed by atoms with E-state index in [1.54, 1.807) is 18.4 Å². The van der Waals surface area contributed by atoms with E-state index >= 15 is 0 Å². The minimum absolute atomic E-state index is 0.0377. The van der Waals surface area contributed by atoms with Gasteiger partial charge in [-0.05, 0) is 17.9 Å². The molecule has 6 heteroatoms. The minimum Gasteiger partial charge on any atom is -0.383 e. The number of methoxy groups -OCH3 is 1. The molecule has 20 heavy (non-hydrogen) atoms. The number of nitrogens with one attached hydrogen (secondary N) is 1. The van der Waals surface area contributed by atoms with E-state index in [2.05, 4.69) is 5.32 Å². The molecule has 0 bridgehead atoms. The van der Waals surface area contributed by atoms with Crippen molar-refractivity contribution in [1.82, 2.24) is 10.2 Å². The fourth-order valence-corrected chi connectivity index (χ4v) is 2.98. The number of carbonyl (C=O) groups is 2. The van der Waals surface area contributed by atoms with Crippen LogP contribution in [0.4, 0.5) is 0 Å². The molecule has 0 spiro atoms. The van der Waals surface area contributed by atoms with Crippen LogP contribution in [0.25, 0.3) is 0 Å². The second-order valence-corrected chi connectivity index (χ2v) is 5.90. The van der Waals surface area contributed by atoms with Crippen LogP contribution in [0.3, 0.4) is 0 Å². The van der Waals surface area contributed by atoms with Gasteiger partial charge in [-0.1, -0.05) is 6.07 Å². The maximum absolute atomic E-state index is 12.6. The van der Waals surface area contributed by atoms with Gasteiger partial charge in [0.2, 0.25) is 11.8 Å². The van der Waals surface area contributed by atoms with E-state index in [4.69, 9.17) is 4.74 Å². The van der Waals surface area contributed by atoms with Crippen LogP contribution in [0, 0.1) is 5.92 Å². The SMILES string of the molecule is COCCN(Cc1cccs1)C(=O)[C@H]1CCC(=O)NC1. The molecule has 0 unspecified atom stereocenters. The average Bonchev–Trinajstić information content (AvgIpc) is 2.96. The van der Waals surface area contributed by atoms with Crippen LogP contribution < -0.4 is 5.32 Å². The number of thiophene rings is 1. The highest BCUT2D eigenvalue weighted by atomic mass is 32.1. The molecule has 2 heterocycles. The number of ether oxygens (including phenoxy) is 1. The first-order valence-corrected chi connectivity index (χ1v) is 7.65. The highest BCUT2D eigenvalue weighted by Gasteiger charge is 2.28. The van der Waals surface area contributed by atoms with Crippen LogP contribution >= 0.6 is 11.3 Å². The summed E-state index contributed by atoms with van der Waals surface area (Å²) in [7, 11) is 1.63. The first kappa shape index (κ1) is 15.0. The Hall–Kier alpha value is -1.40. The zero-order valence-electron chi connectivity index (χ0n) is 11.6. The number of hydrogen-bond acceptors (Lipinski definition) is 4. The van der Waals surface area contributed by atoms with Gasteiger partial charge in [0.25, 0.3) is 0 Å². The monoisotopic (exact) mass is 296 g/mol. The zero-order valence-corrected chi connectivity index (χ0v) is 12.4. The molecule has 1 aliphatic rings. The summed E-state index contributed by atoms with van der Waals surface area (Å²) in [5, 5.41) is 4.78. The lowest BCUT2D eigenvalue weighted by Gasteiger charge is -2.29. The average molecular weight is 296 g/mol. The number of amides is 2. The predicted molar refractivity (Wildman–Crippen MR) is 77.3 cm³/mol. The summed E-state index contributed by atoms with van der Waals surface area (Å²) in [6, 6.07) is 4.01. The number of rotatable bonds is 6. The zero-order chi connectivity index (χ0) is 14.4. The van der Waals surface area contributed by atoms with Crippen LogP contribution in [-0.4, -0.2) is 43.5 Å². The normalized spacial score (nSPS) is 18.6. The van der Waals surface area contributed by atoms with Crippen molar-refractivity contribution in [3.63, 3.8) is 0 Å². The molecule has 1 saturated heterocycles. The van der Waals surface area contributed by atoms with Crippen molar-refractivity contribution in [2.24, 2.45) is 5.92 Å². The molecule has 0 aromatic carbocycles. The molecule has 5 nitrogen and oxygen atoms in total. The second kappa shape index (κ2) is 7.40. The maximum atomic E-state index is 12.6. The van der Waals surface area contributed by atoms with Gasteiger partial charge in [-0.15, -0.1) is 11.3 Å². The van der Waals surface area contributed by atoms with E-state index in [0.717, 1.165) is 4.88 Å². The molecule has 1 aromatic heterocycles. The van der Waals surface area contributed by atoms with Gasteiger partial charge in [-0.3, -0.25) is 9.59 Å². The topological polar surface area (TPSA) is 58.6 Å². The minimum atomic E-state index is -0.107. The third kappa shape index (κ3) is 4.05. The van der Waals surface area contributed by atoms with Gasteiger partial charge in [0, 0.05) is 31.5 Å². The van der Waals surface area contributed by atoms with Crippen molar-refractivity contribution in [2.45, 2.75) is 19.4 Å². The summed E-state index contributed by atoms with van der Waals surface area (Å²) in [5.74, 6) is 0.0377. The van der Waals surface area contributed by atoms with Crippen LogP contribution in [0.1, 0.15) is 17.7 Å². The third-order valence-electron chi connectivity index (χ3n) is 3.42. The van der Waals surface area contributed by atoms with E-state index in [-0.39, 0.29) is 17.7 Å². The Labute approximate surface area is 122 Å². The Bertz CT molecular complexity index is 437. The summed E-state index contributed by atoms with van der Waals surface area (Å²) in [4.78, 5) is 26.7. The van der Waals surface area contributed by atoms with Gasteiger partial charge >= 0.3 is 0 Å². The van der Waals surface area contributed by atoms with Gasteiger partial charge in [-0.2, -0.15) is 0 Å². The standard InChI is InChI=1S/C14H20N2O3S/c1-19-7-6-16(10-12-3-2-8-20-12)14(18)11-4-5-13(17)15-9-11/h2-3,8,11H,4-7,9-10H2,1H3,(H,15,17)/t11-/m0/s1. The summed E-state index contributed by atoms with van der Waals surface area (Å²) < 4.78 is 5.09. The number of hydrogen-bond donors (Lipinski definition) is 1. The van der Waals surface area contributed by atoms with Crippen molar-refractivity contribution in [3.05, 3.63) is 22.4 Å². The fraction of sp³-hybridized carbons (Fsp3) is 0.571. The van der Waals surface area contributed by atoms with Crippen LogP contribution in [0.5, 0.6) is 0 Å². The fourth-order valence-electron chi connectivity index (χ4n) is 2.26. The van der Waals surface area contributed by atoms with Crippen molar-refractivity contribution in [3.8, 4) is 0 Å². The predicted octanol–water partition coefficient (Wildman–Crippen LogP) is 1.25. The highest BCUT2D eigenvalue weighted by Crippen LogP contribution is 2.18. The molecule has 1 aromatic rings. The van der Waals surface area contributed by atoms with E-state index in [1.165, 1.54) is 0 Å². The Morgan fingerprint density at radius 2 is 2.45 bits per heavy atom. The quantitative estimate of drug-likeness (QED) is 0.859. The van der Waals surface area contributed by atoms with E-state index in [0.29, 0.717) is 39.1 Å². The molecule has 0 saturated carbocycles. The van der Waals surface area contributed by atoms with Gasteiger partial charge in [0.1, 0.15) is 0 Å². The summed E-state index contributed by atoms with van der Waals surface area (Å²) in [5.41, 5.74) is 0. The van der Waals surface area contributed by atoms with Crippen molar-refractivity contribution in [2.75, 3.05) is 26.8 Å². The summed E-state index contributed by atoms with van der Waals surface area (Å²) in [6.45, 7) is 2.17. The Kier molecular flexibility index (Phi) is 5.55. The lowest BCUT2D eigenvalue weighted by Crippen LogP contribution is -2.45. The molecule has 0 aliphatic carbocycles. The Balaban J connectivity index is 1.97. The van der Waals surface area contributed by atoms with E-state index < -0.39 is 0 Å². The lowest BCUT2D eigenvalue weighted by atomic mass is 9.97. The molecule has 110 valence electrons. The van der Waals surface area contributed by atoms with Gasteiger partial charge in [0.15, 0.2) is 0 Å². The molecule has 0 radical (unpaired) electrons. The van der Waals surface area contributed by atoms with Crippen molar-refractivity contribution >= 4 is 23.2 Å². The largest absolute Gasteiger partial charge is 0.383 e. The highest BCUT2D eigenvalue weighted by molar-refractivity contribution is 7.09. The Morgan fingerprint density at radius 1 is 1.60 bits per heavy atom. The number of nitrogens with zero attached hydrogens (tertiary/aromatic N) is 1. The molecular formula is C14H20N2O3S. The van der Waals surface area contributed by atoms with E-state index in [1.807, 2.05) is 22.4 Å². The van der Waals surface area contributed by atoms with Gasteiger partial charge < -0.3 is 15.0 Å². The van der Waals surface area contributed by atoms with E-state index in [9.17, 15) is 9.59 Å². The van der Waals surface area contributed by atoms with Crippen LogP contribution in [0.15, 0.2) is 17.5 Å². The molecule has 1 N–H and O–H groups in total. The summed E-state index contributed by atoms with van der Waals surface area (Å²) >= 11 is 1.64. The Morgan fingerprint density at radius 3 is 3.05 bits per heavy atom. The molecule has 1 atom stereocenters. The first-order valence-electron chi connectivity index (χ1n) is 6.77. The van der Waals surface area contributed by atoms with Gasteiger partial charge in [0.05, 0.1) is 19.1 Å². The molecule has 1 aliphatic heterocycles. The molecule has 2 rings (SSSR count). The van der Waals surface area contributed by atoms with Crippen LogP contribution in [0.2, 0.25) is 0 Å². The summed E-state index contributed by atoms with van der Waals surface area (Å²) in [6.07, 6.45) is 1.08. The number of carbonyl (C=O) groups excluding carboxylic acids is 2. The lowest BCUT2D eigenvalue weighted by molar-refractivity contribution is -0.138.